The fraction of sp³-hybridized carbons (Fsp3) is 0.833. The first-order valence-electron chi connectivity index (χ1n) is 5.99. The van der Waals surface area contributed by atoms with Crippen LogP contribution in [0, 0.1) is 5.41 Å². The molecule has 4 N–H and O–H groups in total. The van der Waals surface area contributed by atoms with Crippen LogP contribution in [0.2, 0.25) is 0 Å². The Labute approximate surface area is 103 Å². The molecule has 0 aliphatic carbocycles. The number of carboxylic acids is 1. The second kappa shape index (κ2) is 6.59. The van der Waals surface area contributed by atoms with Crippen molar-refractivity contribution >= 4 is 11.9 Å². The van der Waals surface area contributed by atoms with E-state index in [2.05, 4.69) is 5.32 Å². The predicted molar refractivity (Wildman–Crippen MR) is 66.5 cm³/mol. The highest BCUT2D eigenvalue weighted by atomic mass is 16.4. The zero-order valence-corrected chi connectivity index (χ0v) is 11.1. The SMILES string of the molecule is CCCC[C@H](N)C(=O)N[C@@H](C(=O)O)C(C)(C)C. The maximum absolute atomic E-state index is 11.7. The second-order valence-corrected chi connectivity index (χ2v) is 5.39. The Balaban J connectivity index is 4.47. The first-order chi connectivity index (χ1) is 7.70. The lowest BCUT2D eigenvalue weighted by Gasteiger charge is -2.28. The van der Waals surface area contributed by atoms with Crippen LogP contribution in [0.25, 0.3) is 0 Å². The number of rotatable bonds is 6. The number of nitrogens with one attached hydrogen (secondary N) is 1. The Morgan fingerprint density at radius 2 is 1.88 bits per heavy atom. The summed E-state index contributed by atoms with van der Waals surface area (Å²) in [5, 5.41) is 11.6. The monoisotopic (exact) mass is 244 g/mol. The van der Waals surface area contributed by atoms with Gasteiger partial charge in [0.15, 0.2) is 0 Å². The molecule has 5 heteroatoms. The van der Waals surface area contributed by atoms with Gasteiger partial charge in [0.05, 0.1) is 6.04 Å². The Morgan fingerprint density at radius 1 is 1.35 bits per heavy atom. The topological polar surface area (TPSA) is 92.4 Å². The molecule has 0 aliphatic heterocycles. The van der Waals surface area contributed by atoms with E-state index in [9.17, 15) is 9.59 Å². The Kier molecular flexibility index (Phi) is 6.16. The minimum absolute atomic E-state index is 0.388. The molecule has 100 valence electrons. The van der Waals surface area contributed by atoms with Crippen molar-refractivity contribution in [3.63, 3.8) is 0 Å². The van der Waals surface area contributed by atoms with E-state index >= 15 is 0 Å². The summed E-state index contributed by atoms with van der Waals surface area (Å²) in [7, 11) is 0. The molecule has 0 heterocycles. The fourth-order valence-corrected chi connectivity index (χ4v) is 1.45. The van der Waals surface area contributed by atoms with Gasteiger partial charge in [0.1, 0.15) is 6.04 Å². The molecule has 0 rings (SSSR count). The summed E-state index contributed by atoms with van der Waals surface area (Å²) in [5.74, 6) is -1.42. The number of unbranched alkanes of at least 4 members (excludes halogenated alkanes) is 1. The molecule has 0 aromatic rings. The van der Waals surface area contributed by atoms with Gasteiger partial charge in [-0.2, -0.15) is 0 Å². The molecular formula is C12H24N2O3. The molecule has 0 spiro atoms. The van der Waals surface area contributed by atoms with Crippen LogP contribution in [0.4, 0.5) is 0 Å². The number of hydrogen-bond donors (Lipinski definition) is 3. The van der Waals surface area contributed by atoms with Gasteiger partial charge in [-0.05, 0) is 11.8 Å². The van der Waals surface area contributed by atoms with Gasteiger partial charge in [0.2, 0.25) is 5.91 Å². The van der Waals surface area contributed by atoms with Crippen molar-refractivity contribution in [3.8, 4) is 0 Å². The molecular weight excluding hydrogens is 220 g/mol. The van der Waals surface area contributed by atoms with Crippen molar-refractivity contribution in [1.82, 2.24) is 5.32 Å². The molecule has 2 atom stereocenters. The zero-order chi connectivity index (χ0) is 13.6. The normalized spacial score (nSPS) is 15.1. The maximum atomic E-state index is 11.7. The third kappa shape index (κ3) is 5.68. The van der Waals surface area contributed by atoms with E-state index in [-0.39, 0.29) is 5.91 Å². The summed E-state index contributed by atoms with van der Waals surface area (Å²) in [6, 6.07) is -1.54. The van der Waals surface area contributed by atoms with Crippen LogP contribution in [-0.4, -0.2) is 29.1 Å². The molecule has 0 saturated carbocycles. The van der Waals surface area contributed by atoms with Gasteiger partial charge in [-0.25, -0.2) is 4.79 Å². The lowest BCUT2D eigenvalue weighted by molar-refractivity contribution is -0.145. The van der Waals surface area contributed by atoms with Crippen molar-refractivity contribution < 1.29 is 14.7 Å². The standard InChI is InChI=1S/C12H24N2O3/c1-5-6-7-8(13)10(15)14-9(11(16)17)12(2,3)4/h8-9H,5-7,13H2,1-4H3,(H,14,15)(H,16,17)/t8-,9-/m0/s1. The van der Waals surface area contributed by atoms with Gasteiger partial charge >= 0.3 is 5.97 Å². The fourth-order valence-electron chi connectivity index (χ4n) is 1.45. The van der Waals surface area contributed by atoms with Gasteiger partial charge < -0.3 is 16.2 Å². The van der Waals surface area contributed by atoms with Crippen molar-refractivity contribution in [2.75, 3.05) is 0 Å². The van der Waals surface area contributed by atoms with Gasteiger partial charge in [-0.3, -0.25) is 4.79 Å². The van der Waals surface area contributed by atoms with Gasteiger partial charge in [-0.1, -0.05) is 40.5 Å². The number of carboxylic acid groups (broad SMARTS) is 1. The quantitative estimate of drug-likeness (QED) is 0.652. The second-order valence-electron chi connectivity index (χ2n) is 5.39. The smallest absolute Gasteiger partial charge is 0.326 e. The lowest BCUT2D eigenvalue weighted by atomic mass is 9.86. The van der Waals surface area contributed by atoms with Gasteiger partial charge in [-0.15, -0.1) is 0 Å². The maximum Gasteiger partial charge on any atom is 0.326 e. The van der Waals surface area contributed by atoms with Crippen LogP contribution in [0.3, 0.4) is 0 Å². The highest BCUT2D eigenvalue weighted by molar-refractivity contribution is 5.87. The van der Waals surface area contributed by atoms with E-state index in [0.29, 0.717) is 6.42 Å². The molecule has 1 amide bonds. The van der Waals surface area contributed by atoms with E-state index < -0.39 is 23.5 Å². The number of amides is 1. The van der Waals surface area contributed by atoms with Crippen LogP contribution in [0.15, 0.2) is 0 Å². The molecule has 0 aromatic carbocycles. The van der Waals surface area contributed by atoms with E-state index in [0.717, 1.165) is 12.8 Å². The van der Waals surface area contributed by atoms with Crippen molar-refractivity contribution in [1.29, 1.82) is 0 Å². The van der Waals surface area contributed by atoms with E-state index in [1.54, 1.807) is 20.8 Å². The van der Waals surface area contributed by atoms with Crippen molar-refractivity contribution in [2.24, 2.45) is 11.1 Å². The summed E-state index contributed by atoms with van der Waals surface area (Å²) in [5.41, 5.74) is 5.15. The van der Waals surface area contributed by atoms with Crippen LogP contribution < -0.4 is 11.1 Å². The highest BCUT2D eigenvalue weighted by Gasteiger charge is 2.33. The molecule has 0 aliphatic rings. The summed E-state index contributed by atoms with van der Waals surface area (Å²) in [4.78, 5) is 22.8. The minimum atomic E-state index is -1.03. The largest absolute Gasteiger partial charge is 0.480 e. The number of aliphatic carboxylic acids is 1. The molecule has 0 saturated heterocycles. The first kappa shape index (κ1) is 15.9. The highest BCUT2D eigenvalue weighted by Crippen LogP contribution is 2.19. The average molecular weight is 244 g/mol. The Hall–Kier alpha value is -1.10. The molecule has 0 radical (unpaired) electrons. The van der Waals surface area contributed by atoms with Crippen LogP contribution in [0.5, 0.6) is 0 Å². The Morgan fingerprint density at radius 3 is 2.24 bits per heavy atom. The van der Waals surface area contributed by atoms with Gasteiger partial charge in [0, 0.05) is 0 Å². The number of carbonyl (C=O) groups excluding carboxylic acids is 1. The average Bonchev–Trinajstić information content (AvgIpc) is 2.19. The third-order valence-corrected chi connectivity index (χ3v) is 2.61. The van der Waals surface area contributed by atoms with E-state index in [4.69, 9.17) is 10.8 Å². The summed E-state index contributed by atoms with van der Waals surface area (Å²) in [6.07, 6.45) is 2.41. The minimum Gasteiger partial charge on any atom is -0.480 e. The van der Waals surface area contributed by atoms with E-state index in [1.807, 2.05) is 6.92 Å². The molecule has 0 bridgehead atoms. The zero-order valence-electron chi connectivity index (χ0n) is 11.1. The molecule has 0 fully saturated rings. The molecule has 5 nitrogen and oxygen atoms in total. The van der Waals surface area contributed by atoms with Crippen molar-refractivity contribution in [3.05, 3.63) is 0 Å². The summed E-state index contributed by atoms with van der Waals surface area (Å²) >= 11 is 0. The third-order valence-electron chi connectivity index (χ3n) is 2.61. The first-order valence-corrected chi connectivity index (χ1v) is 5.99. The summed E-state index contributed by atoms with van der Waals surface area (Å²) < 4.78 is 0. The van der Waals surface area contributed by atoms with E-state index in [1.165, 1.54) is 0 Å². The molecule has 0 unspecified atom stereocenters. The van der Waals surface area contributed by atoms with Crippen LogP contribution >= 0.6 is 0 Å². The Bertz CT molecular complexity index is 271. The number of carbonyl (C=O) groups is 2. The summed E-state index contributed by atoms with van der Waals surface area (Å²) in [6.45, 7) is 7.32. The number of hydrogen-bond acceptors (Lipinski definition) is 3. The molecule has 0 aromatic heterocycles. The lowest BCUT2D eigenvalue weighted by Crippen LogP contribution is -2.53. The van der Waals surface area contributed by atoms with Crippen LogP contribution in [-0.2, 0) is 9.59 Å². The molecule has 17 heavy (non-hydrogen) atoms. The predicted octanol–water partition coefficient (Wildman–Crippen LogP) is 1.12. The van der Waals surface area contributed by atoms with Crippen molar-refractivity contribution in [2.45, 2.75) is 59.0 Å². The number of nitrogens with two attached hydrogens (primary N) is 1. The van der Waals surface area contributed by atoms with Gasteiger partial charge in [0.25, 0.3) is 0 Å². The van der Waals surface area contributed by atoms with Crippen LogP contribution in [0.1, 0.15) is 47.0 Å².